The molecule has 0 saturated carbocycles. The number of rotatable bonds is 5. The Morgan fingerprint density at radius 2 is 2.38 bits per heavy atom. The Kier molecular flexibility index (Phi) is 5.07. The van der Waals surface area contributed by atoms with E-state index in [1.54, 1.807) is 7.11 Å². The maximum atomic E-state index is 5.83. The van der Waals surface area contributed by atoms with Crippen molar-refractivity contribution in [1.82, 2.24) is 4.90 Å². The monoisotopic (exact) mass is 205 g/mol. The Morgan fingerprint density at radius 3 is 2.92 bits per heavy atom. The molecular formula is C10H20ClNO. The zero-order chi connectivity index (χ0) is 9.68. The first-order valence-corrected chi connectivity index (χ1v) is 5.60. The number of hydrogen-bond donors (Lipinski definition) is 0. The zero-order valence-electron chi connectivity index (χ0n) is 8.63. The molecule has 1 fully saturated rings. The molecule has 1 aliphatic rings. The number of nitrogens with zero attached hydrogens (tertiary/aromatic N) is 1. The van der Waals surface area contributed by atoms with Gasteiger partial charge in [-0.2, -0.15) is 0 Å². The van der Waals surface area contributed by atoms with Crippen molar-refractivity contribution in [3.63, 3.8) is 0 Å². The fourth-order valence-electron chi connectivity index (χ4n) is 1.86. The van der Waals surface area contributed by atoms with Crippen LogP contribution in [0.25, 0.3) is 0 Å². The van der Waals surface area contributed by atoms with Gasteiger partial charge in [-0.1, -0.05) is 0 Å². The second-order valence-electron chi connectivity index (χ2n) is 3.93. The Labute approximate surface area is 86.2 Å². The van der Waals surface area contributed by atoms with Gasteiger partial charge in [-0.15, -0.1) is 11.6 Å². The average Bonchev–Trinajstić information content (AvgIpc) is 2.62. The van der Waals surface area contributed by atoms with Gasteiger partial charge in [-0.05, 0) is 32.2 Å². The van der Waals surface area contributed by atoms with Crippen molar-refractivity contribution in [2.75, 3.05) is 32.7 Å². The van der Waals surface area contributed by atoms with E-state index in [1.807, 2.05) is 0 Å². The van der Waals surface area contributed by atoms with E-state index in [4.69, 9.17) is 16.3 Å². The minimum atomic E-state index is 0.646. The van der Waals surface area contributed by atoms with Gasteiger partial charge in [0.05, 0.1) is 0 Å². The highest BCUT2D eigenvalue weighted by molar-refractivity contribution is 6.18. The fourth-order valence-corrected chi connectivity index (χ4v) is 2.11. The summed E-state index contributed by atoms with van der Waals surface area (Å²) in [5.74, 6) is 1.53. The summed E-state index contributed by atoms with van der Waals surface area (Å²) in [6, 6.07) is 0.646. The van der Waals surface area contributed by atoms with Crippen LogP contribution in [0.4, 0.5) is 0 Å². The van der Waals surface area contributed by atoms with Gasteiger partial charge >= 0.3 is 0 Å². The summed E-state index contributed by atoms with van der Waals surface area (Å²) in [4.78, 5) is 2.52. The van der Waals surface area contributed by atoms with Gasteiger partial charge in [0.2, 0.25) is 0 Å². The second-order valence-corrected chi connectivity index (χ2v) is 4.24. The molecule has 0 amide bonds. The molecule has 0 N–H and O–H groups in total. The standard InChI is InChI=1S/C10H20ClNO/c1-9(4-6-13-2)12-5-3-10(7-11)8-12/h9-10H,3-8H2,1-2H3. The third-order valence-corrected chi connectivity index (χ3v) is 3.34. The second kappa shape index (κ2) is 5.84. The molecule has 2 unspecified atom stereocenters. The van der Waals surface area contributed by atoms with Gasteiger partial charge in [0.25, 0.3) is 0 Å². The minimum Gasteiger partial charge on any atom is -0.385 e. The van der Waals surface area contributed by atoms with Crippen molar-refractivity contribution in [2.45, 2.75) is 25.8 Å². The molecule has 1 aliphatic heterocycles. The molecule has 1 saturated heterocycles. The molecule has 0 aliphatic carbocycles. The number of alkyl halides is 1. The van der Waals surface area contributed by atoms with Gasteiger partial charge in [-0.25, -0.2) is 0 Å². The Bertz CT molecular complexity index is 143. The highest BCUT2D eigenvalue weighted by Crippen LogP contribution is 2.20. The Morgan fingerprint density at radius 1 is 1.62 bits per heavy atom. The lowest BCUT2D eigenvalue weighted by Gasteiger charge is -2.23. The molecule has 0 aromatic carbocycles. The molecule has 0 aromatic heterocycles. The van der Waals surface area contributed by atoms with Crippen LogP contribution in [0.1, 0.15) is 19.8 Å². The summed E-state index contributed by atoms with van der Waals surface area (Å²) in [5.41, 5.74) is 0. The van der Waals surface area contributed by atoms with Gasteiger partial charge < -0.3 is 9.64 Å². The topological polar surface area (TPSA) is 12.5 Å². The number of likely N-dealkylation sites (tertiary alicyclic amines) is 1. The van der Waals surface area contributed by atoms with Gasteiger partial charge in [0.1, 0.15) is 0 Å². The van der Waals surface area contributed by atoms with Crippen LogP contribution in [0.2, 0.25) is 0 Å². The summed E-state index contributed by atoms with van der Waals surface area (Å²) < 4.78 is 5.07. The molecule has 3 heteroatoms. The molecule has 78 valence electrons. The van der Waals surface area contributed by atoms with Crippen molar-refractivity contribution in [2.24, 2.45) is 5.92 Å². The molecule has 1 rings (SSSR count). The largest absolute Gasteiger partial charge is 0.385 e. The lowest BCUT2D eigenvalue weighted by atomic mass is 10.1. The molecule has 0 spiro atoms. The summed E-state index contributed by atoms with van der Waals surface area (Å²) in [6.45, 7) is 5.52. The van der Waals surface area contributed by atoms with Gasteiger partial charge in [0.15, 0.2) is 0 Å². The summed E-state index contributed by atoms with van der Waals surface area (Å²) >= 11 is 5.83. The van der Waals surface area contributed by atoms with Crippen LogP contribution >= 0.6 is 11.6 Å². The number of halogens is 1. The molecule has 2 nitrogen and oxygen atoms in total. The van der Waals surface area contributed by atoms with Crippen LogP contribution in [0.5, 0.6) is 0 Å². The van der Waals surface area contributed by atoms with Crippen molar-refractivity contribution >= 4 is 11.6 Å². The third kappa shape index (κ3) is 3.45. The predicted molar refractivity (Wildman–Crippen MR) is 56.4 cm³/mol. The molecule has 2 atom stereocenters. The van der Waals surface area contributed by atoms with E-state index in [9.17, 15) is 0 Å². The van der Waals surface area contributed by atoms with Crippen molar-refractivity contribution in [3.8, 4) is 0 Å². The van der Waals surface area contributed by atoms with E-state index in [0.29, 0.717) is 12.0 Å². The first kappa shape index (κ1) is 11.3. The highest BCUT2D eigenvalue weighted by atomic mass is 35.5. The van der Waals surface area contributed by atoms with Crippen molar-refractivity contribution in [1.29, 1.82) is 0 Å². The van der Waals surface area contributed by atoms with Crippen LogP contribution in [0, 0.1) is 5.92 Å². The molecule has 0 radical (unpaired) electrons. The third-order valence-electron chi connectivity index (χ3n) is 2.90. The van der Waals surface area contributed by atoms with Gasteiger partial charge in [-0.3, -0.25) is 0 Å². The van der Waals surface area contributed by atoms with Crippen LogP contribution in [-0.2, 0) is 4.74 Å². The van der Waals surface area contributed by atoms with Gasteiger partial charge in [0, 0.05) is 32.2 Å². The lowest BCUT2D eigenvalue weighted by molar-refractivity contribution is 0.151. The number of methoxy groups -OCH3 is 1. The summed E-state index contributed by atoms with van der Waals surface area (Å²) in [6.07, 6.45) is 2.40. The predicted octanol–water partition coefficient (Wildman–Crippen LogP) is 1.97. The maximum absolute atomic E-state index is 5.83. The molecular weight excluding hydrogens is 186 g/mol. The minimum absolute atomic E-state index is 0.646. The first-order chi connectivity index (χ1) is 6.27. The van der Waals surface area contributed by atoms with Crippen molar-refractivity contribution < 1.29 is 4.74 Å². The van der Waals surface area contributed by atoms with E-state index in [-0.39, 0.29) is 0 Å². The Balaban J connectivity index is 2.20. The fraction of sp³-hybridized carbons (Fsp3) is 1.00. The summed E-state index contributed by atoms with van der Waals surface area (Å²) in [7, 11) is 1.76. The van der Waals surface area contributed by atoms with E-state index < -0.39 is 0 Å². The van der Waals surface area contributed by atoms with E-state index >= 15 is 0 Å². The van der Waals surface area contributed by atoms with E-state index in [2.05, 4.69) is 11.8 Å². The zero-order valence-corrected chi connectivity index (χ0v) is 9.39. The average molecular weight is 206 g/mol. The SMILES string of the molecule is COCCC(C)N1CCC(CCl)C1. The quantitative estimate of drug-likeness (QED) is 0.637. The van der Waals surface area contributed by atoms with E-state index in [1.165, 1.54) is 19.5 Å². The number of ether oxygens (including phenoxy) is 1. The molecule has 0 bridgehead atoms. The van der Waals surface area contributed by atoms with Crippen LogP contribution in [0.15, 0.2) is 0 Å². The number of hydrogen-bond acceptors (Lipinski definition) is 2. The maximum Gasteiger partial charge on any atom is 0.0477 e. The van der Waals surface area contributed by atoms with Crippen LogP contribution in [-0.4, -0.2) is 43.6 Å². The van der Waals surface area contributed by atoms with Crippen LogP contribution < -0.4 is 0 Å². The van der Waals surface area contributed by atoms with Crippen molar-refractivity contribution in [3.05, 3.63) is 0 Å². The molecule has 13 heavy (non-hydrogen) atoms. The lowest BCUT2D eigenvalue weighted by Crippen LogP contribution is -2.32. The highest BCUT2D eigenvalue weighted by Gasteiger charge is 2.24. The molecule has 1 heterocycles. The first-order valence-electron chi connectivity index (χ1n) is 5.07. The smallest absolute Gasteiger partial charge is 0.0477 e. The Hall–Kier alpha value is 0.210. The molecule has 0 aromatic rings. The van der Waals surface area contributed by atoms with E-state index in [0.717, 1.165) is 18.9 Å². The normalized spacial score (nSPS) is 26.5. The van der Waals surface area contributed by atoms with Crippen LogP contribution in [0.3, 0.4) is 0 Å². The summed E-state index contributed by atoms with van der Waals surface area (Å²) in [5, 5.41) is 0.